The highest BCUT2D eigenvalue weighted by Gasteiger charge is 2.30. The second-order valence-electron chi connectivity index (χ2n) is 9.67. The van der Waals surface area contributed by atoms with Gasteiger partial charge in [-0.3, -0.25) is 4.90 Å². The van der Waals surface area contributed by atoms with Crippen molar-refractivity contribution in [3.05, 3.63) is 83.2 Å². The summed E-state index contributed by atoms with van der Waals surface area (Å²) in [5.41, 5.74) is 2.15. The summed E-state index contributed by atoms with van der Waals surface area (Å²) in [5.74, 6) is 0.927. The van der Waals surface area contributed by atoms with Crippen LogP contribution >= 0.6 is 11.3 Å². The lowest BCUT2D eigenvalue weighted by Crippen LogP contribution is -2.43. The van der Waals surface area contributed by atoms with Crippen molar-refractivity contribution in [3.63, 3.8) is 0 Å². The summed E-state index contributed by atoms with van der Waals surface area (Å²) in [7, 11) is 2.13. The third-order valence-electron chi connectivity index (χ3n) is 7.03. The molecule has 0 saturated carbocycles. The molecule has 0 unspecified atom stereocenters. The maximum absolute atomic E-state index is 10.7. The van der Waals surface area contributed by atoms with E-state index in [0.29, 0.717) is 5.06 Å². The zero-order valence-electron chi connectivity index (χ0n) is 20.6. The molecule has 182 valence electrons. The van der Waals surface area contributed by atoms with E-state index in [4.69, 9.17) is 4.74 Å². The second kappa shape index (κ2) is 9.90. The molecule has 1 saturated heterocycles. The number of aromatic hydroxyl groups is 1. The second-order valence-corrected chi connectivity index (χ2v) is 10.7. The fraction of sp³-hybridized carbons (Fsp3) is 0.310. The van der Waals surface area contributed by atoms with E-state index in [1.165, 1.54) is 27.7 Å². The first-order valence-corrected chi connectivity index (χ1v) is 13.0. The van der Waals surface area contributed by atoms with Crippen molar-refractivity contribution in [2.45, 2.75) is 25.9 Å². The van der Waals surface area contributed by atoms with Crippen LogP contribution in [0.15, 0.2) is 72.8 Å². The minimum Gasteiger partial charge on any atom is -0.504 e. The number of ether oxygens (including phenoxy) is 1. The first-order valence-electron chi connectivity index (χ1n) is 12.2. The molecule has 1 fully saturated rings. The third kappa shape index (κ3) is 5.01. The number of thiophene rings is 1. The SMILES string of the molecule is CN(Cc1cccc2ccccc12)C(C)(C)c1cc(O)c(Oc2cccc(N3CCNCC3)c2)s1. The minimum atomic E-state index is -0.288. The van der Waals surface area contributed by atoms with E-state index in [9.17, 15) is 5.11 Å². The van der Waals surface area contributed by atoms with Crippen molar-refractivity contribution in [2.75, 3.05) is 38.1 Å². The molecule has 35 heavy (non-hydrogen) atoms. The molecule has 5 nitrogen and oxygen atoms in total. The average molecular weight is 488 g/mol. The van der Waals surface area contributed by atoms with E-state index in [0.717, 1.165) is 49.0 Å². The van der Waals surface area contributed by atoms with Crippen LogP contribution in [0.3, 0.4) is 0 Å². The first kappa shape index (κ1) is 23.7. The number of benzene rings is 3. The summed E-state index contributed by atoms with van der Waals surface area (Å²) in [6.45, 7) is 9.12. The van der Waals surface area contributed by atoms with Crippen LogP contribution in [0.25, 0.3) is 10.8 Å². The van der Waals surface area contributed by atoms with Gasteiger partial charge in [0.2, 0.25) is 5.06 Å². The lowest BCUT2D eigenvalue weighted by atomic mass is 9.98. The topological polar surface area (TPSA) is 48.0 Å². The number of rotatable bonds is 7. The molecule has 0 bridgehead atoms. The quantitative estimate of drug-likeness (QED) is 0.326. The monoisotopic (exact) mass is 487 g/mol. The Labute approximate surface area is 211 Å². The molecule has 1 aliphatic rings. The van der Waals surface area contributed by atoms with E-state index in [1.807, 2.05) is 18.2 Å². The Morgan fingerprint density at radius 2 is 1.74 bits per heavy atom. The highest BCUT2D eigenvalue weighted by atomic mass is 32.1. The molecule has 0 spiro atoms. The fourth-order valence-electron chi connectivity index (χ4n) is 4.58. The molecular formula is C29H33N3O2S. The number of nitrogens with zero attached hydrogens (tertiary/aromatic N) is 2. The van der Waals surface area contributed by atoms with Crippen LogP contribution in [-0.2, 0) is 12.1 Å². The van der Waals surface area contributed by atoms with Gasteiger partial charge in [0.25, 0.3) is 0 Å². The summed E-state index contributed by atoms with van der Waals surface area (Å²) in [5, 5.41) is 17.2. The normalized spacial score (nSPS) is 14.6. The van der Waals surface area contributed by atoms with E-state index < -0.39 is 0 Å². The number of piperazine rings is 1. The van der Waals surface area contributed by atoms with Gasteiger partial charge in [0.05, 0.1) is 0 Å². The number of hydrogen-bond acceptors (Lipinski definition) is 6. The van der Waals surface area contributed by atoms with Crippen LogP contribution in [0.4, 0.5) is 5.69 Å². The Hall–Kier alpha value is -3.06. The summed E-state index contributed by atoms with van der Waals surface area (Å²) in [6, 6.07) is 25.0. The molecular weight excluding hydrogens is 454 g/mol. The molecule has 0 amide bonds. The number of anilines is 1. The van der Waals surface area contributed by atoms with Gasteiger partial charge >= 0.3 is 0 Å². The van der Waals surface area contributed by atoms with Gasteiger partial charge in [0, 0.05) is 54.9 Å². The number of fused-ring (bicyclic) bond motifs is 1. The van der Waals surface area contributed by atoms with Crippen molar-refractivity contribution in [1.82, 2.24) is 10.2 Å². The zero-order valence-corrected chi connectivity index (χ0v) is 21.4. The molecule has 3 aromatic carbocycles. The summed E-state index contributed by atoms with van der Waals surface area (Å²) in [4.78, 5) is 5.74. The maximum Gasteiger partial charge on any atom is 0.223 e. The predicted molar refractivity (Wildman–Crippen MR) is 146 cm³/mol. The van der Waals surface area contributed by atoms with E-state index >= 15 is 0 Å². The molecule has 4 aromatic rings. The molecule has 5 rings (SSSR count). The smallest absolute Gasteiger partial charge is 0.223 e. The highest BCUT2D eigenvalue weighted by molar-refractivity contribution is 7.14. The Morgan fingerprint density at radius 1 is 1.00 bits per heavy atom. The Kier molecular flexibility index (Phi) is 6.69. The van der Waals surface area contributed by atoms with Gasteiger partial charge < -0.3 is 20.1 Å². The Balaban J connectivity index is 1.34. The number of nitrogens with one attached hydrogen (secondary N) is 1. The van der Waals surface area contributed by atoms with Gasteiger partial charge in [0.15, 0.2) is 5.75 Å². The highest BCUT2D eigenvalue weighted by Crippen LogP contribution is 2.45. The lowest BCUT2D eigenvalue weighted by molar-refractivity contribution is 0.152. The van der Waals surface area contributed by atoms with Gasteiger partial charge in [-0.25, -0.2) is 0 Å². The van der Waals surface area contributed by atoms with E-state index in [2.05, 4.69) is 90.6 Å². The van der Waals surface area contributed by atoms with Crippen LogP contribution in [0, 0.1) is 0 Å². The molecule has 0 aliphatic carbocycles. The molecule has 1 aromatic heterocycles. The Bertz CT molecular complexity index is 1310. The molecule has 6 heteroatoms. The average Bonchev–Trinajstić information content (AvgIpc) is 3.25. The van der Waals surface area contributed by atoms with Gasteiger partial charge in [-0.1, -0.05) is 59.9 Å². The summed E-state index contributed by atoms with van der Waals surface area (Å²) < 4.78 is 6.18. The van der Waals surface area contributed by atoms with Crippen LogP contribution in [0.2, 0.25) is 0 Å². The van der Waals surface area contributed by atoms with E-state index in [1.54, 1.807) is 0 Å². The van der Waals surface area contributed by atoms with Gasteiger partial charge in [-0.05, 0) is 55.4 Å². The van der Waals surface area contributed by atoms with Crippen molar-refractivity contribution < 1.29 is 9.84 Å². The van der Waals surface area contributed by atoms with Gasteiger partial charge in [0.1, 0.15) is 5.75 Å². The summed E-state index contributed by atoms with van der Waals surface area (Å²) in [6.07, 6.45) is 0. The minimum absolute atomic E-state index is 0.184. The lowest BCUT2D eigenvalue weighted by Gasteiger charge is -2.35. The maximum atomic E-state index is 10.7. The van der Waals surface area contributed by atoms with Crippen LogP contribution < -0.4 is 15.0 Å². The molecule has 2 heterocycles. The van der Waals surface area contributed by atoms with Crippen molar-refractivity contribution in [2.24, 2.45) is 0 Å². The number of hydrogen-bond donors (Lipinski definition) is 2. The fourth-order valence-corrected chi connectivity index (χ4v) is 5.66. The van der Waals surface area contributed by atoms with Crippen LogP contribution in [0.5, 0.6) is 16.6 Å². The van der Waals surface area contributed by atoms with Gasteiger partial charge in [-0.15, -0.1) is 0 Å². The van der Waals surface area contributed by atoms with Crippen molar-refractivity contribution in [3.8, 4) is 16.6 Å². The third-order valence-corrected chi connectivity index (χ3v) is 8.35. The first-order chi connectivity index (χ1) is 16.9. The summed E-state index contributed by atoms with van der Waals surface area (Å²) >= 11 is 1.51. The largest absolute Gasteiger partial charge is 0.504 e. The van der Waals surface area contributed by atoms with E-state index in [-0.39, 0.29) is 11.3 Å². The van der Waals surface area contributed by atoms with Crippen molar-refractivity contribution in [1.29, 1.82) is 0 Å². The molecule has 1 aliphatic heterocycles. The van der Waals surface area contributed by atoms with Gasteiger partial charge in [-0.2, -0.15) is 0 Å². The Morgan fingerprint density at radius 3 is 2.57 bits per heavy atom. The zero-order chi connectivity index (χ0) is 24.4. The molecule has 0 radical (unpaired) electrons. The van der Waals surface area contributed by atoms with Crippen LogP contribution in [0.1, 0.15) is 24.3 Å². The van der Waals surface area contributed by atoms with Crippen molar-refractivity contribution >= 4 is 27.8 Å². The predicted octanol–water partition coefficient (Wildman–Crippen LogP) is 6.18. The molecule has 2 N–H and O–H groups in total. The molecule has 0 atom stereocenters. The van der Waals surface area contributed by atoms with Crippen LogP contribution in [-0.4, -0.2) is 43.2 Å². The standard InChI is InChI=1S/C29H33N3O2S/c1-29(2,31(3)20-22-10-6-9-21-8-4-5-13-25(21)22)27-19-26(33)28(35-27)34-24-12-7-11-23(18-24)32-16-14-30-15-17-32/h4-13,18-19,30,33H,14-17,20H2,1-3H3.